The van der Waals surface area contributed by atoms with Gasteiger partial charge in [0.25, 0.3) is 0 Å². The number of aromatic nitrogens is 2. The van der Waals surface area contributed by atoms with Crippen molar-refractivity contribution in [1.82, 2.24) is 9.55 Å². The van der Waals surface area contributed by atoms with Gasteiger partial charge < -0.3 is 10.3 Å². The SMILES string of the molecule is CC[C@H](N)C(=O)Nc1nccn1Cc1ccccc1.Cl. The lowest BCUT2D eigenvalue weighted by atomic mass is 10.2. The van der Waals surface area contributed by atoms with Gasteiger partial charge in [-0.25, -0.2) is 4.98 Å². The van der Waals surface area contributed by atoms with Crippen molar-refractivity contribution >= 4 is 24.3 Å². The van der Waals surface area contributed by atoms with Gasteiger partial charge in [-0.15, -0.1) is 12.4 Å². The first-order valence-corrected chi connectivity index (χ1v) is 6.32. The van der Waals surface area contributed by atoms with Crippen LogP contribution in [0, 0.1) is 0 Å². The molecule has 0 spiro atoms. The number of carbonyl (C=O) groups excluding carboxylic acids is 1. The topological polar surface area (TPSA) is 72.9 Å². The zero-order valence-corrected chi connectivity index (χ0v) is 12.1. The maximum Gasteiger partial charge on any atom is 0.243 e. The molecule has 2 aromatic rings. The van der Waals surface area contributed by atoms with Crippen molar-refractivity contribution < 1.29 is 4.79 Å². The molecule has 1 aromatic heterocycles. The fraction of sp³-hybridized carbons (Fsp3) is 0.286. The lowest BCUT2D eigenvalue weighted by Crippen LogP contribution is -2.35. The van der Waals surface area contributed by atoms with Gasteiger partial charge in [0.1, 0.15) is 0 Å². The second-order valence-corrected chi connectivity index (χ2v) is 4.37. The minimum Gasteiger partial charge on any atom is -0.320 e. The van der Waals surface area contributed by atoms with Crippen molar-refractivity contribution in [2.24, 2.45) is 5.73 Å². The molecule has 1 aromatic carbocycles. The van der Waals surface area contributed by atoms with Gasteiger partial charge in [0.2, 0.25) is 11.9 Å². The summed E-state index contributed by atoms with van der Waals surface area (Å²) in [7, 11) is 0. The second-order valence-electron chi connectivity index (χ2n) is 4.37. The molecule has 0 saturated heterocycles. The third-order valence-electron chi connectivity index (χ3n) is 2.92. The summed E-state index contributed by atoms with van der Waals surface area (Å²) in [5, 5.41) is 2.75. The number of halogens is 1. The third-order valence-corrected chi connectivity index (χ3v) is 2.92. The van der Waals surface area contributed by atoms with Crippen LogP contribution in [-0.2, 0) is 11.3 Å². The van der Waals surface area contributed by atoms with Gasteiger partial charge in [-0.2, -0.15) is 0 Å². The number of rotatable bonds is 5. The highest BCUT2D eigenvalue weighted by molar-refractivity contribution is 5.93. The largest absolute Gasteiger partial charge is 0.320 e. The van der Waals surface area contributed by atoms with Crippen LogP contribution in [0.15, 0.2) is 42.7 Å². The third kappa shape index (κ3) is 4.08. The molecule has 5 nitrogen and oxygen atoms in total. The average molecular weight is 295 g/mol. The van der Waals surface area contributed by atoms with Crippen molar-refractivity contribution in [3.05, 3.63) is 48.3 Å². The lowest BCUT2D eigenvalue weighted by Gasteiger charge is -2.11. The first-order chi connectivity index (χ1) is 9.20. The number of benzene rings is 1. The number of nitrogens with zero attached hydrogens (tertiary/aromatic N) is 2. The van der Waals surface area contributed by atoms with Gasteiger partial charge in [-0.05, 0) is 12.0 Å². The number of amides is 1. The molecule has 3 N–H and O–H groups in total. The highest BCUT2D eigenvalue weighted by atomic mass is 35.5. The summed E-state index contributed by atoms with van der Waals surface area (Å²) in [5.74, 6) is 0.320. The molecular formula is C14H19ClN4O. The van der Waals surface area contributed by atoms with E-state index in [1.54, 1.807) is 6.20 Å². The zero-order valence-electron chi connectivity index (χ0n) is 11.3. The summed E-state index contributed by atoms with van der Waals surface area (Å²) >= 11 is 0. The smallest absolute Gasteiger partial charge is 0.243 e. The highest BCUT2D eigenvalue weighted by Gasteiger charge is 2.13. The fourth-order valence-corrected chi connectivity index (χ4v) is 1.73. The van der Waals surface area contributed by atoms with E-state index in [0.717, 1.165) is 5.56 Å². The summed E-state index contributed by atoms with van der Waals surface area (Å²) in [4.78, 5) is 15.9. The summed E-state index contributed by atoms with van der Waals surface area (Å²) in [5.41, 5.74) is 6.84. The van der Waals surface area contributed by atoms with Gasteiger partial charge in [-0.3, -0.25) is 10.1 Å². The van der Waals surface area contributed by atoms with Gasteiger partial charge in [0.05, 0.1) is 12.6 Å². The Bertz CT molecular complexity index is 541. The maximum absolute atomic E-state index is 11.8. The average Bonchev–Trinajstić information content (AvgIpc) is 2.86. The molecule has 1 amide bonds. The molecule has 0 bridgehead atoms. The van der Waals surface area contributed by atoms with Crippen molar-refractivity contribution in [2.75, 3.05) is 5.32 Å². The minimum atomic E-state index is -0.498. The number of hydrogen-bond acceptors (Lipinski definition) is 3. The number of imidazole rings is 1. The van der Waals surface area contributed by atoms with E-state index in [-0.39, 0.29) is 18.3 Å². The molecule has 6 heteroatoms. The van der Waals surface area contributed by atoms with Gasteiger partial charge >= 0.3 is 0 Å². The number of hydrogen-bond donors (Lipinski definition) is 2. The van der Waals surface area contributed by atoms with Crippen LogP contribution in [0.3, 0.4) is 0 Å². The Hall–Kier alpha value is -1.85. The monoisotopic (exact) mass is 294 g/mol. The number of nitrogens with two attached hydrogens (primary N) is 1. The Morgan fingerprint density at radius 1 is 1.40 bits per heavy atom. The molecule has 1 atom stereocenters. The van der Waals surface area contributed by atoms with E-state index in [4.69, 9.17) is 5.73 Å². The van der Waals surface area contributed by atoms with E-state index >= 15 is 0 Å². The predicted octanol–water partition coefficient (Wildman–Crippen LogP) is 2.03. The molecule has 0 aliphatic carbocycles. The van der Waals surface area contributed by atoms with Crippen LogP contribution in [0.2, 0.25) is 0 Å². The normalized spacial score (nSPS) is 11.5. The fourth-order valence-electron chi connectivity index (χ4n) is 1.73. The summed E-state index contributed by atoms with van der Waals surface area (Å²) in [6, 6.07) is 9.50. The molecular weight excluding hydrogens is 276 g/mol. The van der Waals surface area contributed by atoms with Crippen LogP contribution in [0.25, 0.3) is 0 Å². The Kier molecular flexibility index (Phi) is 6.21. The van der Waals surface area contributed by atoms with E-state index in [1.807, 2.05) is 48.0 Å². The summed E-state index contributed by atoms with van der Waals surface area (Å²) in [6.07, 6.45) is 4.10. The number of carbonyl (C=O) groups is 1. The number of anilines is 1. The Morgan fingerprint density at radius 2 is 2.10 bits per heavy atom. The molecule has 0 fully saturated rings. The van der Waals surface area contributed by atoms with Crippen LogP contribution in [-0.4, -0.2) is 21.5 Å². The Morgan fingerprint density at radius 3 is 2.75 bits per heavy atom. The van der Waals surface area contributed by atoms with Crippen LogP contribution in [0.5, 0.6) is 0 Å². The van der Waals surface area contributed by atoms with E-state index in [0.29, 0.717) is 18.9 Å². The second kappa shape index (κ2) is 7.67. The van der Waals surface area contributed by atoms with Crippen molar-refractivity contribution in [1.29, 1.82) is 0 Å². The van der Waals surface area contributed by atoms with Crippen molar-refractivity contribution in [3.8, 4) is 0 Å². The lowest BCUT2D eigenvalue weighted by molar-refractivity contribution is -0.117. The molecule has 108 valence electrons. The van der Waals surface area contributed by atoms with E-state index in [1.165, 1.54) is 0 Å². The van der Waals surface area contributed by atoms with E-state index < -0.39 is 6.04 Å². The minimum absolute atomic E-state index is 0. The Balaban J connectivity index is 0.00000200. The van der Waals surface area contributed by atoms with E-state index in [2.05, 4.69) is 10.3 Å². The molecule has 20 heavy (non-hydrogen) atoms. The summed E-state index contributed by atoms with van der Waals surface area (Å²) < 4.78 is 1.88. The van der Waals surface area contributed by atoms with Crippen LogP contribution >= 0.6 is 12.4 Å². The Labute approximate surface area is 124 Å². The highest BCUT2D eigenvalue weighted by Crippen LogP contribution is 2.09. The first kappa shape index (κ1) is 16.2. The predicted molar refractivity (Wildman–Crippen MR) is 81.9 cm³/mol. The first-order valence-electron chi connectivity index (χ1n) is 6.32. The molecule has 2 rings (SSSR count). The quantitative estimate of drug-likeness (QED) is 0.886. The number of nitrogens with one attached hydrogen (secondary N) is 1. The van der Waals surface area contributed by atoms with Gasteiger partial charge in [0, 0.05) is 12.4 Å². The molecule has 0 unspecified atom stereocenters. The summed E-state index contributed by atoms with van der Waals surface area (Å²) in [6.45, 7) is 2.54. The van der Waals surface area contributed by atoms with Crippen molar-refractivity contribution in [3.63, 3.8) is 0 Å². The zero-order chi connectivity index (χ0) is 13.7. The van der Waals surface area contributed by atoms with Crippen LogP contribution in [0.4, 0.5) is 5.95 Å². The van der Waals surface area contributed by atoms with Crippen LogP contribution in [0.1, 0.15) is 18.9 Å². The van der Waals surface area contributed by atoms with Gasteiger partial charge in [-0.1, -0.05) is 37.3 Å². The molecule has 0 aliphatic heterocycles. The molecule has 0 aliphatic rings. The standard InChI is InChI=1S/C14H18N4O.ClH/c1-2-12(15)13(19)17-14-16-8-9-18(14)10-11-6-4-3-5-7-11;/h3-9,12H,2,10,15H2,1H3,(H,16,17,19);1H/t12-;/m0./s1. The maximum atomic E-state index is 11.8. The van der Waals surface area contributed by atoms with Crippen molar-refractivity contribution in [2.45, 2.75) is 25.9 Å². The molecule has 1 heterocycles. The van der Waals surface area contributed by atoms with Gasteiger partial charge in [0.15, 0.2) is 0 Å². The van der Waals surface area contributed by atoms with Crippen LogP contribution < -0.4 is 11.1 Å². The molecule has 0 saturated carbocycles. The van der Waals surface area contributed by atoms with E-state index in [9.17, 15) is 4.79 Å². The molecule has 0 radical (unpaired) electrons.